The average molecular weight is 358 g/mol. The van der Waals surface area contributed by atoms with Gasteiger partial charge in [0.1, 0.15) is 11.9 Å². The molecule has 0 amide bonds. The van der Waals surface area contributed by atoms with Gasteiger partial charge in [0.15, 0.2) is 0 Å². The summed E-state index contributed by atoms with van der Waals surface area (Å²) in [7, 11) is 0. The summed E-state index contributed by atoms with van der Waals surface area (Å²) in [5, 5.41) is 10.3. The largest absolute Gasteiger partial charge is 0.384 e. The van der Waals surface area contributed by atoms with Crippen LogP contribution in [0, 0.1) is 5.82 Å². The van der Waals surface area contributed by atoms with Gasteiger partial charge in [0.05, 0.1) is 18.2 Å². The van der Waals surface area contributed by atoms with E-state index < -0.39 is 11.9 Å². The Hall–Kier alpha value is -0.940. The molecular formula is C15H11BrClFO2. The van der Waals surface area contributed by atoms with E-state index in [1.165, 1.54) is 6.07 Å². The van der Waals surface area contributed by atoms with Crippen LogP contribution in [0.3, 0.4) is 0 Å². The van der Waals surface area contributed by atoms with Gasteiger partial charge in [0.2, 0.25) is 0 Å². The molecular weight excluding hydrogens is 347 g/mol. The van der Waals surface area contributed by atoms with E-state index in [4.69, 9.17) is 16.3 Å². The van der Waals surface area contributed by atoms with Crippen LogP contribution in [0.25, 0.3) is 0 Å². The van der Waals surface area contributed by atoms with Gasteiger partial charge in [-0.05, 0) is 38.7 Å². The molecule has 0 aliphatic carbocycles. The van der Waals surface area contributed by atoms with Crippen molar-refractivity contribution in [2.75, 3.05) is 0 Å². The Balaban J connectivity index is 2.00. The Morgan fingerprint density at radius 2 is 1.95 bits per heavy atom. The lowest BCUT2D eigenvalue weighted by molar-refractivity contribution is 0.134. The van der Waals surface area contributed by atoms with Crippen LogP contribution in [0.1, 0.15) is 28.4 Å². The highest BCUT2D eigenvalue weighted by atomic mass is 79.9. The zero-order valence-corrected chi connectivity index (χ0v) is 12.7. The number of hydrogen-bond acceptors (Lipinski definition) is 2. The predicted octanol–water partition coefficient (Wildman–Crippen LogP) is 4.35. The van der Waals surface area contributed by atoms with Crippen molar-refractivity contribution in [1.29, 1.82) is 0 Å². The van der Waals surface area contributed by atoms with Crippen LogP contribution in [-0.2, 0) is 18.0 Å². The van der Waals surface area contributed by atoms with Gasteiger partial charge < -0.3 is 9.84 Å². The molecule has 0 bridgehead atoms. The van der Waals surface area contributed by atoms with Crippen LogP contribution in [-0.4, -0.2) is 5.11 Å². The number of hydrogen-bond donors (Lipinski definition) is 1. The molecule has 0 fully saturated rings. The number of benzene rings is 2. The standard InChI is InChI=1S/C15H11BrClFO2/c16-12-4-3-11(14(18)13(12)17)15(19)8-1-2-9-6-20-7-10(9)5-8/h1-5,15,19H,6-7H2. The summed E-state index contributed by atoms with van der Waals surface area (Å²) in [5.41, 5.74) is 2.93. The van der Waals surface area contributed by atoms with Gasteiger partial charge in [-0.15, -0.1) is 0 Å². The number of aliphatic hydroxyl groups is 1. The summed E-state index contributed by atoms with van der Waals surface area (Å²) in [6.07, 6.45) is -1.05. The SMILES string of the molecule is OC(c1ccc2c(c1)COC2)c1ccc(Br)c(Cl)c1F. The zero-order chi connectivity index (χ0) is 14.3. The monoisotopic (exact) mass is 356 g/mol. The molecule has 1 heterocycles. The molecule has 1 atom stereocenters. The van der Waals surface area contributed by atoms with Gasteiger partial charge in [-0.3, -0.25) is 0 Å². The molecule has 3 rings (SSSR count). The number of aliphatic hydroxyl groups excluding tert-OH is 1. The molecule has 2 aromatic rings. The topological polar surface area (TPSA) is 29.5 Å². The molecule has 0 spiro atoms. The fraction of sp³-hybridized carbons (Fsp3) is 0.200. The molecule has 2 aromatic carbocycles. The quantitative estimate of drug-likeness (QED) is 0.810. The second kappa shape index (κ2) is 5.45. The van der Waals surface area contributed by atoms with Crippen LogP contribution in [0.2, 0.25) is 5.02 Å². The van der Waals surface area contributed by atoms with Crippen molar-refractivity contribution in [2.45, 2.75) is 19.3 Å². The molecule has 1 aliphatic heterocycles. The second-order valence-electron chi connectivity index (χ2n) is 4.69. The molecule has 5 heteroatoms. The van der Waals surface area contributed by atoms with Gasteiger partial charge in [-0.2, -0.15) is 0 Å². The van der Waals surface area contributed by atoms with E-state index in [0.29, 0.717) is 23.2 Å². The molecule has 0 aromatic heterocycles. The van der Waals surface area contributed by atoms with E-state index in [-0.39, 0.29) is 10.6 Å². The molecule has 2 nitrogen and oxygen atoms in total. The first kappa shape index (κ1) is 14.0. The third-order valence-corrected chi connectivity index (χ3v) is 4.68. The minimum absolute atomic E-state index is 0.0222. The fourth-order valence-corrected chi connectivity index (χ4v) is 2.77. The Morgan fingerprint density at radius 3 is 2.75 bits per heavy atom. The highest BCUT2D eigenvalue weighted by molar-refractivity contribution is 9.10. The first-order valence-electron chi connectivity index (χ1n) is 6.09. The van der Waals surface area contributed by atoms with E-state index in [2.05, 4.69) is 15.9 Å². The second-order valence-corrected chi connectivity index (χ2v) is 5.92. The number of fused-ring (bicyclic) bond motifs is 1. The highest BCUT2D eigenvalue weighted by Gasteiger charge is 2.20. The lowest BCUT2D eigenvalue weighted by atomic mass is 9.97. The molecule has 0 radical (unpaired) electrons. The predicted molar refractivity (Wildman–Crippen MR) is 78.1 cm³/mol. The Labute approximate surface area is 129 Å². The van der Waals surface area contributed by atoms with Gasteiger partial charge in [0, 0.05) is 10.0 Å². The van der Waals surface area contributed by atoms with Gasteiger partial charge in [-0.25, -0.2) is 4.39 Å². The number of rotatable bonds is 2. The van der Waals surface area contributed by atoms with E-state index in [9.17, 15) is 9.50 Å². The smallest absolute Gasteiger partial charge is 0.149 e. The fourth-order valence-electron chi connectivity index (χ4n) is 2.29. The maximum Gasteiger partial charge on any atom is 0.149 e. The van der Waals surface area contributed by atoms with E-state index in [1.54, 1.807) is 12.1 Å². The van der Waals surface area contributed by atoms with Crippen LogP contribution >= 0.6 is 27.5 Å². The van der Waals surface area contributed by atoms with Gasteiger partial charge in [-0.1, -0.05) is 35.9 Å². The van der Waals surface area contributed by atoms with Crippen molar-refractivity contribution in [2.24, 2.45) is 0 Å². The Morgan fingerprint density at radius 1 is 1.20 bits per heavy atom. The van der Waals surface area contributed by atoms with Crippen molar-refractivity contribution in [3.63, 3.8) is 0 Å². The maximum absolute atomic E-state index is 14.1. The lowest BCUT2D eigenvalue weighted by Gasteiger charge is -2.14. The summed E-state index contributed by atoms with van der Waals surface area (Å²) in [6.45, 7) is 1.11. The summed E-state index contributed by atoms with van der Waals surface area (Å²) < 4.78 is 19.9. The van der Waals surface area contributed by atoms with Gasteiger partial charge in [0.25, 0.3) is 0 Å². The Kier molecular flexibility index (Phi) is 3.82. The third-order valence-electron chi connectivity index (χ3n) is 3.42. The van der Waals surface area contributed by atoms with Crippen LogP contribution in [0.15, 0.2) is 34.8 Å². The maximum atomic E-state index is 14.1. The molecule has 0 saturated heterocycles. The highest BCUT2D eigenvalue weighted by Crippen LogP contribution is 2.34. The van der Waals surface area contributed by atoms with E-state index >= 15 is 0 Å². The third kappa shape index (κ3) is 2.37. The molecule has 1 aliphatic rings. The summed E-state index contributed by atoms with van der Waals surface area (Å²) in [5.74, 6) is -0.606. The molecule has 1 unspecified atom stereocenters. The van der Waals surface area contributed by atoms with Gasteiger partial charge >= 0.3 is 0 Å². The molecule has 20 heavy (non-hydrogen) atoms. The van der Waals surface area contributed by atoms with Crippen molar-refractivity contribution in [1.82, 2.24) is 0 Å². The lowest BCUT2D eigenvalue weighted by Crippen LogP contribution is -2.04. The molecule has 0 saturated carbocycles. The summed E-state index contributed by atoms with van der Waals surface area (Å²) in [6, 6.07) is 8.69. The normalized spacial score (nSPS) is 15.2. The Bertz CT molecular complexity index is 675. The number of ether oxygens (including phenoxy) is 1. The zero-order valence-electron chi connectivity index (χ0n) is 10.4. The first-order chi connectivity index (χ1) is 9.58. The van der Waals surface area contributed by atoms with E-state index in [1.807, 2.05) is 12.1 Å². The van der Waals surface area contributed by atoms with Crippen LogP contribution in [0.4, 0.5) is 4.39 Å². The van der Waals surface area contributed by atoms with Crippen molar-refractivity contribution < 1.29 is 14.2 Å². The first-order valence-corrected chi connectivity index (χ1v) is 7.26. The molecule has 104 valence electrons. The summed E-state index contributed by atoms with van der Waals surface area (Å²) in [4.78, 5) is 0. The minimum Gasteiger partial charge on any atom is -0.384 e. The van der Waals surface area contributed by atoms with Crippen LogP contribution < -0.4 is 0 Å². The summed E-state index contributed by atoms with van der Waals surface area (Å²) >= 11 is 9.01. The van der Waals surface area contributed by atoms with Crippen molar-refractivity contribution in [3.8, 4) is 0 Å². The number of halogens is 3. The average Bonchev–Trinajstić information content (AvgIpc) is 2.91. The molecule has 1 N–H and O–H groups in total. The van der Waals surface area contributed by atoms with E-state index in [0.717, 1.165) is 11.1 Å². The minimum atomic E-state index is -1.05. The van der Waals surface area contributed by atoms with Crippen molar-refractivity contribution >= 4 is 27.5 Å². The van der Waals surface area contributed by atoms with Crippen LogP contribution in [0.5, 0.6) is 0 Å². The van der Waals surface area contributed by atoms with Crippen molar-refractivity contribution in [3.05, 3.63) is 67.9 Å².